The lowest BCUT2D eigenvalue weighted by molar-refractivity contribution is 0.0953. The van der Waals surface area contributed by atoms with Crippen molar-refractivity contribution < 1.29 is 13.6 Å². The highest BCUT2D eigenvalue weighted by molar-refractivity contribution is 7.07. The summed E-state index contributed by atoms with van der Waals surface area (Å²) in [5.74, 6) is -2.05. The molecule has 0 aliphatic heterocycles. The van der Waals surface area contributed by atoms with Gasteiger partial charge in [0.2, 0.25) is 0 Å². The molecule has 1 aromatic carbocycles. The third-order valence-electron chi connectivity index (χ3n) is 2.83. The molecule has 0 radical (unpaired) electrons. The number of anilines is 1. The number of rotatable bonds is 5. The zero-order chi connectivity index (χ0) is 14.5. The fraction of sp³-hybridized carbons (Fsp3) is 0.214. The molecular formula is C14H14F2N2OS. The van der Waals surface area contributed by atoms with Crippen molar-refractivity contribution in [2.75, 3.05) is 18.9 Å². The molecule has 2 aromatic rings. The lowest BCUT2D eigenvalue weighted by Crippen LogP contribution is -2.26. The van der Waals surface area contributed by atoms with E-state index in [1.165, 1.54) is 7.05 Å². The monoisotopic (exact) mass is 296 g/mol. The lowest BCUT2D eigenvalue weighted by Gasteiger charge is -2.08. The van der Waals surface area contributed by atoms with Crippen molar-refractivity contribution in [2.24, 2.45) is 0 Å². The third-order valence-corrected chi connectivity index (χ3v) is 3.57. The van der Waals surface area contributed by atoms with Crippen LogP contribution in [0.4, 0.5) is 14.5 Å². The minimum atomic E-state index is -0.782. The Morgan fingerprint density at radius 2 is 2.00 bits per heavy atom. The predicted octanol–water partition coefficient (Wildman–Crippen LogP) is 3.04. The normalized spacial score (nSPS) is 10.3. The van der Waals surface area contributed by atoms with Gasteiger partial charge in [-0.1, -0.05) is 0 Å². The summed E-state index contributed by atoms with van der Waals surface area (Å²) < 4.78 is 27.1. The lowest BCUT2D eigenvalue weighted by atomic mass is 10.1. The number of thiophene rings is 1. The molecule has 2 N–H and O–H groups in total. The van der Waals surface area contributed by atoms with Crippen molar-refractivity contribution in [2.45, 2.75) is 6.42 Å². The van der Waals surface area contributed by atoms with Crippen LogP contribution >= 0.6 is 11.3 Å². The summed E-state index contributed by atoms with van der Waals surface area (Å²) in [4.78, 5) is 11.8. The molecule has 0 bridgehead atoms. The second-order valence-corrected chi connectivity index (χ2v) is 4.98. The van der Waals surface area contributed by atoms with Crippen LogP contribution in [0.5, 0.6) is 0 Å². The van der Waals surface area contributed by atoms with Crippen LogP contribution in [0, 0.1) is 11.6 Å². The van der Waals surface area contributed by atoms with E-state index in [-0.39, 0.29) is 11.3 Å². The first-order valence-electron chi connectivity index (χ1n) is 6.08. The van der Waals surface area contributed by atoms with Crippen LogP contribution in [0.3, 0.4) is 0 Å². The number of benzene rings is 1. The summed E-state index contributed by atoms with van der Waals surface area (Å²) in [6, 6.07) is 4.02. The van der Waals surface area contributed by atoms with Gasteiger partial charge in [0.05, 0.1) is 0 Å². The van der Waals surface area contributed by atoms with E-state index in [2.05, 4.69) is 10.6 Å². The van der Waals surface area contributed by atoms with Gasteiger partial charge >= 0.3 is 0 Å². The average molecular weight is 296 g/mol. The molecule has 0 unspecified atom stereocenters. The number of hydrogen-bond donors (Lipinski definition) is 2. The molecule has 0 atom stereocenters. The van der Waals surface area contributed by atoms with Crippen LogP contribution in [0.15, 0.2) is 29.0 Å². The van der Waals surface area contributed by atoms with Crippen LogP contribution in [0.1, 0.15) is 15.9 Å². The molecule has 1 aromatic heterocycles. The summed E-state index contributed by atoms with van der Waals surface area (Å²) >= 11 is 1.58. The molecule has 6 heteroatoms. The van der Waals surface area contributed by atoms with Crippen molar-refractivity contribution in [3.8, 4) is 0 Å². The molecule has 2 rings (SSSR count). The van der Waals surface area contributed by atoms with Gasteiger partial charge in [-0.15, -0.1) is 0 Å². The van der Waals surface area contributed by atoms with Crippen LogP contribution < -0.4 is 10.6 Å². The highest BCUT2D eigenvalue weighted by atomic mass is 32.1. The van der Waals surface area contributed by atoms with Crippen molar-refractivity contribution in [1.29, 1.82) is 0 Å². The van der Waals surface area contributed by atoms with E-state index < -0.39 is 17.5 Å². The molecule has 0 saturated heterocycles. The number of nitrogens with one attached hydrogen (secondary N) is 2. The van der Waals surface area contributed by atoms with Gasteiger partial charge in [0.1, 0.15) is 17.3 Å². The van der Waals surface area contributed by atoms with Gasteiger partial charge in [-0.25, -0.2) is 8.78 Å². The first-order valence-corrected chi connectivity index (χ1v) is 7.02. The Bertz CT molecular complexity index is 576. The largest absolute Gasteiger partial charge is 0.383 e. The van der Waals surface area contributed by atoms with Crippen molar-refractivity contribution in [3.05, 3.63) is 51.7 Å². The predicted molar refractivity (Wildman–Crippen MR) is 76.3 cm³/mol. The van der Waals surface area contributed by atoms with E-state index in [1.807, 2.05) is 16.8 Å². The van der Waals surface area contributed by atoms with Gasteiger partial charge in [0.15, 0.2) is 0 Å². The molecule has 0 spiro atoms. The van der Waals surface area contributed by atoms with E-state index in [0.717, 1.165) is 17.7 Å². The molecular weight excluding hydrogens is 282 g/mol. The van der Waals surface area contributed by atoms with Crippen LogP contribution in [0.2, 0.25) is 0 Å². The molecule has 106 valence electrons. The SMILES string of the molecule is CNc1c(F)cc(C(=O)NCCc2ccsc2)cc1F. The minimum Gasteiger partial charge on any atom is -0.383 e. The van der Waals surface area contributed by atoms with Crippen molar-refractivity contribution in [3.63, 3.8) is 0 Å². The topological polar surface area (TPSA) is 41.1 Å². The van der Waals surface area contributed by atoms with Gasteiger partial charge in [-0.3, -0.25) is 4.79 Å². The van der Waals surface area contributed by atoms with Crippen LogP contribution in [-0.2, 0) is 6.42 Å². The zero-order valence-corrected chi connectivity index (χ0v) is 11.7. The number of hydrogen-bond acceptors (Lipinski definition) is 3. The quantitative estimate of drug-likeness (QED) is 0.890. The molecule has 0 aliphatic carbocycles. The summed E-state index contributed by atoms with van der Waals surface area (Å²) in [6.07, 6.45) is 0.689. The summed E-state index contributed by atoms with van der Waals surface area (Å²) in [6.45, 7) is 0.423. The smallest absolute Gasteiger partial charge is 0.251 e. The Balaban J connectivity index is 1.99. The standard InChI is InChI=1S/C14H14F2N2OS/c1-17-13-11(15)6-10(7-12(13)16)14(19)18-4-2-9-3-5-20-8-9/h3,5-8,17H,2,4H2,1H3,(H,18,19). The number of carbonyl (C=O) groups excluding carboxylic acids is 1. The Morgan fingerprint density at radius 1 is 1.30 bits per heavy atom. The van der Waals surface area contributed by atoms with Crippen molar-refractivity contribution in [1.82, 2.24) is 5.32 Å². The summed E-state index contributed by atoms with van der Waals surface area (Å²) in [7, 11) is 1.42. The van der Waals surface area contributed by atoms with Gasteiger partial charge in [-0.2, -0.15) is 11.3 Å². The maximum atomic E-state index is 13.5. The van der Waals surface area contributed by atoms with E-state index in [9.17, 15) is 13.6 Å². The van der Waals surface area contributed by atoms with Gasteiger partial charge in [-0.05, 0) is 40.9 Å². The summed E-state index contributed by atoms with van der Waals surface area (Å²) in [5.41, 5.74) is 0.863. The minimum absolute atomic E-state index is 0.0238. The Kier molecular flexibility index (Phi) is 4.68. The van der Waals surface area contributed by atoms with E-state index in [0.29, 0.717) is 13.0 Å². The number of carbonyl (C=O) groups is 1. The second kappa shape index (κ2) is 6.47. The highest BCUT2D eigenvalue weighted by Gasteiger charge is 2.13. The maximum absolute atomic E-state index is 13.5. The fourth-order valence-electron chi connectivity index (χ4n) is 1.80. The number of halogens is 2. The Morgan fingerprint density at radius 3 is 2.55 bits per heavy atom. The second-order valence-electron chi connectivity index (χ2n) is 4.20. The van der Waals surface area contributed by atoms with E-state index >= 15 is 0 Å². The number of amides is 1. The first-order chi connectivity index (χ1) is 9.61. The molecule has 20 heavy (non-hydrogen) atoms. The van der Waals surface area contributed by atoms with Gasteiger partial charge in [0.25, 0.3) is 5.91 Å². The molecule has 3 nitrogen and oxygen atoms in total. The maximum Gasteiger partial charge on any atom is 0.251 e. The third kappa shape index (κ3) is 3.33. The molecule has 0 fully saturated rings. The van der Waals surface area contributed by atoms with Gasteiger partial charge in [0, 0.05) is 19.2 Å². The fourth-order valence-corrected chi connectivity index (χ4v) is 2.50. The van der Waals surface area contributed by atoms with Crippen LogP contribution in [0.25, 0.3) is 0 Å². The Hall–Kier alpha value is -1.95. The van der Waals surface area contributed by atoms with E-state index in [1.54, 1.807) is 11.3 Å². The van der Waals surface area contributed by atoms with Crippen molar-refractivity contribution >= 4 is 22.9 Å². The zero-order valence-electron chi connectivity index (χ0n) is 10.9. The molecule has 0 aliphatic rings. The molecule has 1 heterocycles. The highest BCUT2D eigenvalue weighted by Crippen LogP contribution is 2.20. The molecule has 0 saturated carbocycles. The molecule has 1 amide bonds. The van der Waals surface area contributed by atoms with Crippen LogP contribution in [-0.4, -0.2) is 19.5 Å². The summed E-state index contributed by atoms with van der Waals surface area (Å²) in [5, 5.41) is 9.00. The average Bonchev–Trinajstić information content (AvgIpc) is 2.91. The Labute approximate surface area is 119 Å². The first kappa shape index (κ1) is 14.5. The van der Waals surface area contributed by atoms with Gasteiger partial charge < -0.3 is 10.6 Å². The van der Waals surface area contributed by atoms with E-state index in [4.69, 9.17) is 0 Å².